The molecule has 1 atom stereocenters. The number of aromatic nitrogens is 4. The number of nitrogens with zero attached hydrogens (tertiary/aromatic N) is 5. The average Bonchev–Trinajstić information content (AvgIpc) is 3.30. The third kappa shape index (κ3) is 4.58. The molecule has 2 aromatic heterocycles. The van der Waals surface area contributed by atoms with Crippen LogP contribution < -0.4 is 0 Å². The Bertz CT molecular complexity index is 1120. The van der Waals surface area contributed by atoms with E-state index in [2.05, 4.69) is 19.9 Å². The van der Waals surface area contributed by atoms with Crippen LogP contribution in [0.1, 0.15) is 77.0 Å². The summed E-state index contributed by atoms with van der Waals surface area (Å²) in [6.45, 7) is 6.40. The first-order valence-corrected chi connectivity index (χ1v) is 12.9. The van der Waals surface area contributed by atoms with Crippen LogP contribution in [-0.4, -0.2) is 43.8 Å². The second-order valence-electron chi connectivity index (χ2n) is 9.11. The van der Waals surface area contributed by atoms with Gasteiger partial charge < -0.3 is 14.0 Å². The lowest BCUT2D eigenvalue weighted by molar-refractivity contribution is 0.0699. The standard InChI is InChI=1S/C25H31N5O2S/c1-17-21(18(2)32-28-17)16-33-22-11-6-5-10-20(22)25(31)29-13-8-9-19(15-29)24-27-26-23-12-4-3-7-14-30(23)24/h5-6,10-11,19H,3-4,7-9,12-16H2,1-2H3. The lowest BCUT2D eigenvalue weighted by atomic mass is 9.96. The fraction of sp³-hybridized carbons (Fsp3) is 0.520. The molecule has 8 heteroatoms. The molecule has 1 unspecified atom stereocenters. The summed E-state index contributed by atoms with van der Waals surface area (Å²) in [7, 11) is 0. The smallest absolute Gasteiger partial charge is 0.255 e. The third-order valence-corrected chi connectivity index (χ3v) is 7.98. The summed E-state index contributed by atoms with van der Waals surface area (Å²) < 4.78 is 7.63. The molecule has 0 radical (unpaired) electrons. The second-order valence-corrected chi connectivity index (χ2v) is 10.1. The van der Waals surface area contributed by atoms with Crippen LogP contribution in [0.15, 0.2) is 33.7 Å². The third-order valence-electron chi connectivity index (χ3n) is 6.88. The largest absolute Gasteiger partial charge is 0.361 e. The minimum absolute atomic E-state index is 0.108. The molecule has 5 rings (SSSR count). The van der Waals surface area contributed by atoms with Gasteiger partial charge in [-0.25, -0.2) is 0 Å². The van der Waals surface area contributed by atoms with Gasteiger partial charge in [-0.2, -0.15) is 0 Å². The van der Waals surface area contributed by atoms with Crippen molar-refractivity contribution in [2.45, 2.75) is 75.5 Å². The number of likely N-dealkylation sites (tertiary alicyclic amines) is 1. The Labute approximate surface area is 198 Å². The maximum atomic E-state index is 13.6. The van der Waals surface area contributed by atoms with Crippen LogP contribution in [0.3, 0.4) is 0 Å². The zero-order valence-electron chi connectivity index (χ0n) is 19.4. The van der Waals surface area contributed by atoms with E-state index in [1.165, 1.54) is 19.3 Å². The molecule has 1 amide bonds. The van der Waals surface area contributed by atoms with E-state index in [-0.39, 0.29) is 11.8 Å². The predicted molar refractivity (Wildman–Crippen MR) is 127 cm³/mol. The van der Waals surface area contributed by atoms with Gasteiger partial charge in [-0.1, -0.05) is 23.7 Å². The molecule has 174 valence electrons. The lowest BCUT2D eigenvalue weighted by Gasteiger charge is -2.33. The van der Waals surface area contributed by atoms with Crippen molar-refractivity contribution in [1.82, 2.24) is 24.8 Å². The first kappa shape index (κ1) is 22.2. The molecule has 3 aromatic rings. The highest BCUT2D eigenvalue weighted by Crippen LogP contribution is 2.32. The van der Waals surface area contributed by atoms with Crippen LogP contribution in [0.4, 0.5) is 0 Å². The van der Waals surface area contributed by atoms with Gasteiger partial charge in [0.2, 0.25) is 0 Å². The SMILES string of the molecule is Cc1noc(C)c1CSc1ccccc1C(=O)N1CCCC(c2nnc3n2CCCCC3)C1. The normalized spacial score (nSPS) is 18.7. The van der Waals surface area contributed by atoms with Gasteiger partial charge in [0, 0.05) is 48.2 Å². The molecule has 1 aromatic carbocycles. The van der Waals surface area contributed by atoms with Crippen molar-refractivity contribution in [1.29, 1.82) is 0 Å². The van der Waals surface area contributed by atoms with Crippen molar-refractivity contribution in [2.75, 3.05) is 13.1 Å². The molecule has 2 aliphatic rings. The van der Waals surface area contributed by atoms with Crippen LogP contribution in [0, 0.1) is 13.8 Å². The van der Waals surface area contributed by atoms with Gasteiger partial charge in [-0.05, 0) is 51.7 Å². The van der Waals surface area contributed by atoms with Gasteiger partial charge in [0.05, 0.1) is 11.3 Å². The summed E-state index contributed by atoms with van der Waals surface area (Å²) in [4.78, 5) is 16.6. The van der Waals surface area contributed by atoms with Crippen molar-refractivity contribution in [3.63, 3.8) is 0 Å². The summed E-state index contributed by atoms with van der Waals surface area (Å²) in [5, 5.41) is 13.1. The van der Waals surface area contributed by atoms with Crippen LogP contribution in [0.5, 0.6) is 0 Å². The molecule has 1 saturated heterocycles. The van der Waals surface area contributed by atoms with Crippen LogP contribution in [0.2, 0.25) is 0 Å². The number of hydrogen-bond donors (Lipinski definition) is 0. The van der Waals surface area contributed by atoms with Gasteiger partial charge in [0.15, 0.2) is 0 Å². The molecule has 7 nitrogen and oxygen atoms in total. The van der Waals surface area contributed by atoms with Crippen molar-refractivity contribution >= 4 is 17.7 Å². The number of carbonyl (C=O) groups excluding carboxylic acids is 1. The fourth-order valence-electron chi connectivity index (χ4n) is 4.98. The predicted octanol–water partition coefficient (Wildman–Crippen LogP) is 4.92. The molecule has 0 spiro atoms. The highest BCUT2D eigenvalue weighted by atomic mass is 32.2. The van der Waals surface area contributed by atoms with Gasteiger partial charge in [0.1, 0.15) is 17.4 Å². The molecule has 0 aliphatic carbocycles. The molecular formula is C25H31N5O2S. The Morgan fingerprint density at radius 1 is 1.12 bits per heavy atom. The number of rotatable bonds is 5. The number of piperidine rings is 1. The minimum atomic E-state index is 0.108. The molecule has 33 heavy (non-hydrogen) atoms. The number of benzene rings is 1. The van der Waals surface area contributed by atoms with Crippen LogP contribution in [-0.2, 0) is 18.7 Å². The monoisotopic (exact) mass is 465 g/mol. The number of fused-ring (bicyclic) bond motifs is 1. The maximum Gasteiger partial charge on any atom is 0.255 e. The van der Waals surface area contributed by atoms with Gasteiger partial charge in [-0.15, -0.1) is 22.0 Å². The Hall–Kier alpha value is -2.61. The molecule has 0 saturated carbocycles. The summed E-state index contributed by atoms with van der Waals surface area (Å²) in [5.41, 5.74) is 2.79. The van der Waals surface area contributed by atoms with Crippen molar-refractivity contribution in [3.05, 3.63) is 58.5 Å². The Morgan fingerprint density at radius 3 is 2.85 bits per heavy atom. The first-order chi connectivity index (χ1) is 16.1. The molecule has 2 aliphatic heterocycles. The summed E-state index contributed by atoms with van der Waals surface area (Å²) >= 11 is 1.67. The fourth-order valence-corrected chi connectivity index (χ4v) is 6.18. The van der Waals surface area contributed by atoms with Crippen molar-refractivity contribution < 1.29 is 9.32 Å². The van der Waals surface area contributed by atoms with E-state index >= 15 is 0 Å². The zero-order valence-corrected chi connectivity index (χ0v) is 20.2. The van der Waals surface area contributed by atoms with Gasteiger partial charge in [0.25, 0.3) is 5.91 Å². The summed E-state index contributed by atoms with van der Waals surface area (Å²) in [5.74, 6) is 4.13. The summed E-state index contributed by atoms with van der Waals surface area (Å²) in [6.07, 6.45) is 6.69. The highest BCUT2D eigenvalue weighted by molar-refractivity contribution is 7.98. The molecule has 0 bridgehead atoms. The Morgan fingerprint density at radius 2 is 2.00 bits per heavy atom. The first-order valence-electron chi connectivity index (χ1n) is 12.0. The highest BCUT2D eigenvalue weighted by Gasteiger charge is 2.30. The van der Waals surface area contributed by atoms with Crippen LogP contribution >= 0.6 is 11.8 Å². The molecule has 1 fully saturated rings. The molecule has 4 heterocycles. The van der Waals surface area contributed by atoms with E-state index in [1.807, 2.05) is 43.0 Å². The van der Waals surface area contributed by atoms with E-state index in [0.717, 1.165) is 77.2 Å². The van der Waals surface area contributed by atoms with Gasteiger partial charge in [-0.3, -0.25) is 4.79 Å². The van der Waals surface area contributed by atoms with E-state index in [0.29, 0.717) is 6.54 Å². The van der Waals surface area contributed by atoms with Crippen molar-refractivity contribution in [2.24, 2.45) is 0 Å². The lowest BCUT2D eigenvalue weighted by Crippen LogP contribution is -2.40. The molecule has 0 N–H and O–H groups in total. The van der Waals surface area contributed by atoms with E-state index in [9.17, 15) is 4.79 Å². The van der Waals surface area contributed by atoms with E-state index in [1.54, 1.807) is 11.8 Å². The van der Waals surface area contributed by atoms with E-state index in [4.69, 9.17) is 4.52 Å². The van der Waals surface area contributed by atoms with Crippen molar-refractivity contribution in [3.8, 4) is 0 Å². The number of aryl methyl sites for hydroxylation is 3. The average molecular weight is 466 g/mol. The maximum absolute atomic E-state index is 13.6. The quantitative estimate of drug-likeness (QED) is 0.498. The Kier molecular flexibility index (Phi) is 6.53. The van der Waals surface area contributed by atoms with Gasteiger partial charge >= 0.3 is 0 Å². The van der Waals surface area contributed by atoms with Crippen LogP contribution in [0.25, 0.3) is 0 Å². The Balaban J connectivity index is 1.32. The minimum Gasteiger partial charge on any atom is -0.361 e. The topological polar surface area (TPSA) is 77.1 Å². The zero-order chi connectivity index (χ0) is 22.8. The number of carbonyl (C=O) groups is 1. The number of thioether (sulfide) groups is 1. The second kappa shape index (κ2) is 9.71. The number of hydrogen-bond acceptors (Lipinski definition) is 6. The molecular weight excluding hydrogens is 434 g/mol. The van der Waals surface area contributed by atoms with E-state index < -0.39 is 0 Å². The summed E-state index contributed by atoms with van der Waals surface area (Å²) in [6, 6.07) is 7.94. The number of amides is 1.